The lowest BCUT2D eigenvalue weighted by atomic mass is 10.2. The zero-order chi connectivity index (χ0) is 15.0. The molecule has 3 rings (SSSR count). The average Bonchev–Trinajstić information content (AvgIpc) is 2.88. The van der Waals surface area contributed by atoms with Gasteiger partial charge in [0.1, 0.15) is 10.6 Å². The molecule has 1 aromatic heterocycles. The summed E-state index contributed by atoms with van der Waals surface area (Å²) >= 11 is 0. The molecule has 21 heavy (non-hydrogen) atoms. The Kier molecular flexibility index (Phi) is 3.03. The van der Waals surface area contributed by atoms with Crippen LogP contribution >= 0.6 is 0 Å². The molecule has 0 unspecified atom stereocenters. The van der Waals surface area contributed by atoms with E-state index in [2.05, 4.69) is 4.98 Å². The van der Waals surface area contributed by atoms with Gasteiger partial charge in [-0.05, 0) is 18.2 Å². The van der Waals surface area contributed by atoms with E-state index in [4.69, 9.17) is 0 Å². The van der Waals surface area contributed by atoms with Gasteiger partial charge in [0.05, 0.1) is 4.90 Å². The fraction of sp³-hybridized carbons (Fsp3) is 0. The van der Waals surface area contributed by atoms with Gasteiger partial charge in [0.2, 0.25) is 9.84 Å². The standard InChI is InChI=1S/C15H11NO4S/c17-15(18)13-14(11-8-4-5-9-12(11)16-13)21(19,20)10-6-2-1-3-7-10/h1-9,16H,(H,17,18). The van der Waals surface area contributed by atoms with Gasteiger partial charge in [-0.2, -0.15) is 0 Å². The summed E-state index contributed by atoms with van der Waals surface area (Å²) in [7, 11) is -3.91. The van der Waals surface area contributed by atoms with Crippen molar-refractivity contribution in [2.75, 3.05) is 0 Å². The van der Waals surface area contributed by atoms with Crippen LogP contribution in [-0.2, 0) is 9.84 Å². The summed E-state index contributed by atoms with van der Waals surface area (Å²) in [6, 6.07) is 14.4. The molecular weight excluding hydrogens is 290 g/mol. The molecule has 0 aliphatic rings. The number of aromatic amines is 1. The number of benzene rings is 2. The van der Waals surface area contributed by atoms with Crippen molar-refractivity contribution >= 4 is 26.7 Å². The van der Waals surface area contributed by atoms with E-state index in [0.717, 1.165) is 0 Å². The molecule has 0 spiro atoms. The largest absolute Gasteiger partial charge is 0.477 e. The molecule has 2 aromatic carbocycles. The molecule has 5 nitrogen and oxygen atoms in total. The highest BCUT2D eigenvalue weighted by Crippen LogP contribution is 2.31. The van der Waals surface area contributed by atoms with Gasteiger partial charge in [0, 0.05) is 10.9 Å². The number of para-hydroxylation sites is 1. The van der Waals surface area contributed by atoms with Crippen molar-refractivity contribution < 1.29 is 18.3 Å². The van der Waals surface area contributed by atoms with Crippen molar-refractivity contribution in [3.8, 4) is 0 Å². The van der Waals surface area contributed by atoms with Gasteiger partial charge < -0.3 is 10.1 Å². The van der Waals surface area contributed by atoms with Crippen molar-refractivity contribution in [1.29, 1.82) is 0 Å². The van der Waals surface area contributed by atoms with Crippen molar-refractivity contribution in [2.24, 2.45) is 0 Å². The zero-order valence-electron chi connectivity index (χ0n) is 10.8. The predicted octanol–water partition coefficient (Wildman–Crippen LogP) is 2.70. The van der Waals surface area contributed by atoms with Crippen LogP contribution in [0.15, 0.2) is 64.4 Å². The Morgan fingerprint density at radius 1 is 0.952 bits per heavy atom. The summed E-state index contributed by atoms with van der Waals surface area (Å²) in [5.41, 5.74) is 0.157. The highest BCUT2D eigenvalue weighted by molar-refractivity contribution is 7.91. The molecule has 0 amide bonds. The third kappa shape index (κ3) is 2.09. The molecule has 3 aromatic rings. The lowest BCUT2D eigenvalue weighted by Gasteiger charge is -2.04. The van der Waals surface area contributed by atoms with Crippen LogP contribution in [0.25, 0.3) is 10.9 Å². The number of sulfone groups is 1. The van der Waals surface area contributed by atoms with Gasteiger partial charge in [0.15, 0.2) is 0 Å². The number of nitrogens with one attached hydrogen (secondary N) is 1. The Morgan fingerprint density at radius 3 is 2.24 bits per heavy atom. The lowest BCUT2D eigenvalue weighted by molar-refractivity contribution is 0.0687. The summed E-state index contributed by atoms with van der Waals surface area (Å²) in [6.45, 7) is 0. The van der Waals surface area contributed by atoms with Gasteiger partial charge in [-0.3, -0.25) is 0 Å². The number of aromatic carboxylic acids is 1. The van der Waals surface area contributed by atoms with Crippen molar-refractivity contribution in [3.63, 3.8) is 0 Å². The van der Waals surface area contributed by atoms with E-state index in [1.807, 2.05) is 0 Å². The first-order valence-corrected chi connectivity index (χ1v) is 7.64. The molecular formula is C15H11NO4S. The molecule has 2 N–H and O–H groups in total. The van der Waals surface area contributed by atoms with E-state index in [0.29, 0.717) is 10.9 Å². The maximum absolute atomic E-state index is 12.8. The molecule has 0 saturated carbocycles. The summed E-state index contributed by atoms with van der Waals surface area (Å²) in [6.07, 6.45) is 0. The van der Waals surface area contributed by atoms with Crippen LogP contribution in [0, 0.1) is 0 Å². The molecule has 0 aliphatic heterocycles. The number of hydrogen-bond acceptors (Lipinski definition) is 3. The summed E-state index contributed by atoms with van der Waals surface area (Å²) in [4.78, 5) is 13.9. The average molecular weight is 301 g/mol. The quantitative estimate of drug-likeness (QED) is 0.778. The molecule has 0 aliphatic carbocycles. The van der Waals surface area contributed by atoms with E-state index in [1.54, 1.807) is 42.5 Å². The second-order valence-corrected chi connectivity index (χ2v) is 6.38. The number of H-pyrrole nitrogens is 1. The molecule has 0 fully saturated rings. The van der Waals surface area contributed by atoms with Gasteiger partial charge in [-0.1, -0.05) is 36.4 Å². The molecule has 0 atom stereocenters. The Bertz CT molecular complexity index is 927. The third-order valence-electron chi connectivity index (χ3n) is 3.19. The van der Waals surface area contributed by atoms with Crippen LogP contribution in [0.4, 0.5) is 0 Å². The van der Waals surface area contributed by atoms with Crippen molar-refractivity contribution in [2.45, 2.75) is 9.79 Å². The first kappa shape index (κ1) is 13.4. The van der Waals surface area contributed by atoms with Gasteiger partial charge in [0.25, 0.3) is 0 Å². The molecule has 0 radical (unpaired) electrons. The smallest absolute Gasteiger partial charge is 0.353 e. The first-order chi connectivity index (χ1) is 10.0. The minimum atomic E-state index is -3.91. The van der Waals surface area contributed by atoms with Crippen LogP contribution in [-0.4, -0.2) is 24.5 Å². The van der Waals surface area contributed by atoms with Crippen LogP contribution in [0.2, 0.25) is 0 Å². The summed E-state index contributed by atoms with van der Waals surface area (Å²) in [5.74, 6) is -1.30. The molecule has 1 heterocycles. The first-order valence-electron chi connectivity index (χ1n) is 6.16. The van der Waals surface area contributed by atoms with Crippen LogP contribution < -0.4 is 0 Å². The summed E-state index contributed by atoms with van der Waals surface area (Å²) < 4.78 is 25.5. The predicted molar refractivity (Wildman–Crippen MR) is 77.2 cm³/mol. The minimum Gasteiger partial charge on any atom is -0.477 e. The number of carboxylic acids is 1. The second-order valence-electron chi connectivity index (χ2n) is 4.50. The monoisotopic (exact) mass is 301 g/mol. The minimum absolute atomic E-state index is 0.0669. The van der Waals surface area contributed by atoms with Crippen molar-refractivity contribution in [1.82, 2.24) is 4.98 Å². The van der Waals surface area contributed by atoms with E-state index in [-0.39, 0.29) is 15.5 Å². The third-order valence-corrected chi connectivity index (χ3v) is 5.05. The maximum atomic E-state index is 12.8. The van der Waals surface area contributed by atoms with Gasteiger partial charge in [-0.15, -0.1) is 0 Å². The number of hydrogen-bond donors (Lipinski definition) is 2. The number of rotatable bonds is 3. The van der Waals surface area contributed by atoms with Gasteiger partial charge in [-0.25, -0.2) is 13.2 Å². The SMILES string of the molecule is O=C(O)c1[nH]c2ccccc2c1S(=O)(=O)c1ccccc1. The van der Waals surface area contributed by atoms with Crippen LogP contribution in [0.3, 0.4) is 0 Å². The van der Waals surface area contributed by atoms with E-state index >= 15 is 0 Å². The van der Waals surface area contributed by atoms with Crippen LogP contribution in [0.1, 0.15) is 10.5 Å². The maximum Gasteiger partial charge on any atom is 0.353 e. The number of aromatic nitrogens is 1. The van der Waals surface area contributed by atoms with E-state index in [9.17, 15) is 18.3 Å². The second kappa shape index (κ2) is 4.75. The highest BCUT2D eigenvalue weighted by atomic mass is 32.2. The normalized spacial score (nSPS) is 11.6. The topological polar surface area (TPSA) is 87.2 Å². The molecule has 6 heteroatoms. The Morgan fingerprint density at radius 2 is 1.57 bits per heavy atom. The Hall–Kier alpha value is -2.60. The Labute approximate surface area is 120 Å². The number of carbonyl (C=O) groups is 1. The van der Waals surface area contributed by atoms with E-state index in [1.165, 1.54) is 12.1 Å². The molecule has 0 saturated heterocycles. The lowest BCUT2D eigenvalue weighted by Crippen LogP contribution is -2.08. The fourth-order valence-electron chi connectivity index (χ4n) is 2.26. The van der Waals surface area contributed by atoms with Crippen molar-refractivity contribution in [3.05, 3.63) is 60.3 Å². The van der Waals surface area contributed by atoms with Gasteiger partial charge >= 0.3 is 5.97 Å². The number of fused-ring (bicyclic) bond motifs is 1. The Balaban J connectivity index is 2.39. The summed E-state index contributed by atoms with van der Waals surface area (Å²) in [5, 5.41) is 9.66. The fourth-order valence-corrected chi connectivity index (χ4v) is 3.89. The zero-order valence-corrected chi connectivity index (χ0v) is 11.6. The molecule has 0 bridgehead atoms. The van der Waals surface area contributed by atoms with E-state index < -0.39 is 15.8 Å². The highest BCUT2D eigenvalue weighted by Gasteiger charge is 2.29. The van der Waals surface area contributed by atoms with Crippen LogP contribution in [0.5, 0.6) is 0 Å². The molecule has 106 valence electrons. The number of carboxylic acid groups (broad SMARTS) is 1.